The van der Waals surface area contributed by atoms with E-state index in [1.807, 2.05) is 0 Å². The highest BCUT2D eigenvalue weighted by molar-refractivity contribution is 6.31. The number of aromatic nitrogens is 2. The maximum atomic E-state index is 12.5. The molecule has 0 aliphatic carbocycles. The maximum absolute atomic E-state index is 12.5. The van der Waals surface area contributed by atoms with E-state index in [9.17, 15) is 24.9 Å². The van der Waals surface area contributed by atoms with Crippen LogP contribution in [-0.4, -0.2) is 60.8 Å². The number of nitrogens with zero attached hydrogens (tertiary/aromatic N) is 2. The standard InChI is InChI=1S/C19H17ClN4O6/c20-10-3-6-12-13(7-10)21-16(19(30)22-12)15(17(28)14(27)8-25)23-24-18(29)9-1-4-11(26)5-2-9/h1-7,14,17,25-28H,8H2,(H,22,30)(H,24,29)/b23-15-. The molecule has 0 bridgehead atoms. The SMILES string of the molecule is O=C(N/N=C(/c1nc2cc(Cl)ccc2[nH]c1=O)C(O)C(O)CO)c1ccc(O)cc1. The van der Waals surface area contributed by atoms with Crippen LogP contribution in [0.4, 0.5) is 0 Å². The van der Waals surface area contributed by atoms with E-state index in [4.69, 9.17) is 16.7 Å². The lowest BCUT2D eigenvalue weighted by atomic mass is 10.1. The molecule has 1 heterocycles. The Morgan fingerprint density at radius 2 is 1.90 bits per heavy atom. The van der Waals surface area contributed by atoms with E-state index in [0.29, 0.717) is 10.5 Å². The first kappa shape index (κ1) is 21.4. The number of rotatable bonds is 6. The second kappa shape index (κ2) is 9.01. The summed E-state index contributed by atoms with van der Waals surface area (Å²) in [6, 6.07) is 9.82. The molecule has 6 N–H and O–H groups in total. The number of H-pyrrole nitrogens is 1. The Labute approximate surface area is 174 Å². The number of aromatic amines is 1. The zero-order valence-corrected chi connectivity index (χ0v) is 16.0. The number of fused-ring (bicyclic) bond motifs is 1. The third-order valence-electron chi connectivity index (χ3n) is 4.14. The quantitative estimate of drug-likeness (QED) is 0.237. The minimum Gasteiger partial charge on any atom is -0.508 e. The average Bonchev–Trinajstić information content (AvgIpc) is 2.73. The number of carbonyl (C=O) groups is 1. The van der Waals surface area contributed by atoms with Gasteiger partial charge in [-0.1, -0.05) is 11.6 Å². The fourth-order valence-corrected chi connectivity index (χ4v) is 2.73. The first-order valence-electron chi connectivity index (χ1n) is 8.64. The van der Waals surface area contributed by atoms with Crippen molar-refractivity contribution in [2.24, 2.45) is 5.10 Å². The van der Waals surface area contributed by atoms with Crippen molar-refractivity contribution in [1.82, 2.24) is 15.4 Å². The van der Waals surface area contributed by atoms with Gasteiger partial charge < -0.3 is 25.4 Å². The van der Waals surface area contributed by atoms with Crippen LogP contribution in [0.25, 0.3) is 11.0 Å². The largest absolute Gasteiger partial charge is 0.508 e. The van der Waals surface area contributed by atoms with E-state index < -0.39 is 36.0 Å². The van der Waals surface area contributed by atoms with Gasteiger partial charge in [-0.05, 0) is 42.5 Å². The Bertz CT molecular complexity index is 1160. The van der Waals surface area contributed by atoms with Crippen molar-refractivity contribution >= 4 is 34.3 Å². The zero-order valence-electron chi connectivity index (χ0n) is 15.3. The molecule has 2 unspecified atom stereocenters. The van der Waals surface area contributed by atoms with Crippen LogP contribution in [0.15, 0.2) is 52.4 Å². The molecule has 0 radical (unpaired) electrons. The molecule has 30 heavy (non-hydrogen) atoms. The molecule has 3 rings (SSSR count). The predicted octanol–water partition coefficient (Wildman–Crippen LogP) is 0.130. The van der Waals surface area contributed by atoms with Crippen LogP contribution in [0.5, 0.6) is 5.75 Å². The number of amides is 1. The molecular formula is C19H17ClN4O6. The van der Waals surface area contributed by atoms with Gasteiger partial charge >= 0.3 is 0 Å². The van der Waals surface area contributed by atoms with Crippen LogP contribution < -0.4 is 11.0 Å². The fourth-order valence-electron chi connectivity index (χ4n) is 2.56. The van der Waals surface area contributed by atoms with Crippen LogP contribution in [0.3, 0.4) is 0 Å². The van der Waals surface area contributed by atoms with Gasteiger partial charge in [-0.15, -0.1) is 0 Å². The van der Waals surface area contributed by atoms with Crippen molar-refractivity contribution in [3.8, 4) is 5.75 Å². The number of phenols is 1. The molecule has 156 valence electrons. The number of halogens is 1. The molecule has 3 aromatic rings. The lowest BCUT2D eigenvalue weighted by Crippen LogP contribution is -2.41. The van der Waals surface area contributed by atoms with Gasteiger partial charge in [0.1, 0.15) is 23.7 Å². The fraction of sp³-hybridized carbons (Fsp3) is 0.158. The third-order valence-corrected chi connectivity index (χ3v) is 4.37. The summed E-state index contributed by atoms with van der Waals surface area (Å²) >= 11 is 5.95. The molecule has 0 aliphatic heterocycles. The molecular weight excluding hydrogens is 416 g/mol. The Kier molecular flexibility index (Phi) is 6.43. The summed E-state index contributed by atoms with van der Waals surface area (Å²) in [5.41, 5.74) is 1.36. The average molecular weight is 433 g/mol. The second-order valence-electron chi connectivity index (χ2n) is 6.26. The smallest absolute Gasteiger partial charge is 0.276 e. The first-order chi connectivity index (χ1) is 14.3. The number of benzene rings is 2. The predicted molar refractivity (Wildman–Crippen MR) is 109 cm³/mol. The molecule has 2 aromatic carbocycles. The Morgan fingerprint density at radius 3 is 2.57 bits per heavy atom. The Morgan fingerprint density at radius 1 is 1.20 bits per heavy atom. The van der Waals surface area contributed by atoms with Gasteiger partial charge in [-0.2, -0.15) is 5.10 Å². The highest BCUT2D eigenvalue weighted by Crippen LogP contribution is 2.16. The van der Waals surface area contributed by atoms with Gasteiger partial charge in [0.05, 0.1) is 17.6 Å². The van der Waals surface area contributed by atoms with Crippen LogP contribution in [0, 0.1) is 0 Å². The number of aliphatic hydroxyl groups excluding tert-OH is 3. The molecule has 11 heteroatoms. The summed E-state index contributed by atoms with van der Waals surface area (Å²) in [6.07, 6.45) is -3.52. The number of hydrogen-bond acceptors (Lipinski definition) is 8. The highest BCUT2D eigenvalue weighted by atomic mass is 35.5. The van der Waals surface area contributed by atoms with Crippen LogP contribution in [-0.2, 0) is 0 Å². The minimum absolute atomic E-state index is 0.0391. The van der Waals surface area contributed by atoms with Gasteiger partial charge in [0.25, 0.3) is 11.5 Å². The van der Waals surface area contributed by atoms with Gasteiger partial charge in [0.2, 0.25) is 0 Å². The van der Waals surface area contributed by atoms with E-state index in [2.05, 4.69) is 20.5 Å². The molecule has 0 spiro atoms. The van der Waals surface area contributed by atoms with E-state index in [1.165, 1.54) is 36.4 Å². The first-order valence-corrected chi connectivity index (χ1v) is 9.02. The zero-order chi connectivity index (χ0) is 21.8. The maximum Gasteiger partial charge on any atom is 0.276 e. The third kappa shape index (κ3) is 4.63. The summed E-state index contributed by atoms with van der Waals surface area (Å²) in [7, 11) is 0. The summed E-state index contributed by atoms with van der Waals surface area (Å²) in [6.45, 7) is -0.830. The molecule has 0 saturated carbocycles. The molecule has 0 saturated heterocycles. The van der Waals surface area contributed by atoms with Crippen molar-refractivity contribution in [1.29, 1.82) is 0 Å². The van der Waals surface area contributed by atoms with E-state index in [1.54, 1.807) is 6.07 Å². The van der Waals surface area contributed by atoms with Crippen molar-refractivity contribution in [3.63, 3.8) is 0 Å². The number of nitrogens with one attached hydrogen (secondary N) is 2. The van der Waals surface area contributed by atoms with Gasteiger partial charge in [0.15, 0.2) is 5.69 Å². The van der Waals surface area contributed by atoms with Crippen molar-refractivity contribution in [3.05, 3.63) is 69.1 Å². The lowest BCUT2D eigenvalue weighted by molar-refractivity contribution is 0.0183. The normalized spacial score (nSPS) is 13.8. The Balaban J connectivity index is 2.04. The number of aromatic hydroxyl groups is 1. The summed E-state index contributed by atoms with van der Waals surface area (Å²) in [5.74, 6) is -0.749. The molecule has 10 nitrogen and oxygen atoms in total. The number of hydrogen-bond donors (Lipinski definition) is 6. The number of hydrazone groups is 1. The van der Waals surface area contributed by atoms with Crippen LogP contribution >= 0.6 is 11.6 Å². The van der Waals surface area contributed by atoms with Gasteiger partial charge in [0, 0.05) is 10.6 Å². The van der Waals surface area contributed by atoms with E-state index in [0.717, 1.165) is 0 Å². The lowest BCUT2D eigenvalue weighted by Gasteiger charge is -2.17. The molecule has 1 aromatic heterocycles. The molecule has 0 fully saturated rings. The van der Waals surface area contributed by atoms with Crippen molar-refractivity contribution in [2.45, 2.75) is 12.2 Å². The monoisotopic (exact) mass is 432 g/mol. The summed E-state index contributed by atoms with van der Waals surface area (Å²) in [4.78, 5) is 31.5. The summed E-state index contributed by atoms with van der Waals surface area (Å²) < 4.78 is 0. The van der Waals surface area contributed by atoms with Crippen LogP contribution in [0.2, 0.25) is 5.02 Å². The molecule has 2 atom stereocenters. The van der Waals surface area contributed by atoms with E-state index in [-0.39, 0.29) is 22.5 Å². The van der Waals surface area contributed by atoms with Crippen molar-refractivity contribution in [2.75, 3.05) is 6.61 Å². The molecule has 0 aliphatic rings. The molecule has 1 amide bonds. The van der Waals surface area contributed by atoms with Gasteiger partial charge in [-0.25, -0.2) is 10.4 Å². The van der Waals surface area contributed by atoms with Crippen LogP contribution in [0.1, 0.15) is 16.1 Å². The number of phenolic OH excluding ortho intramolecular Hbond substituents is 1. The van der Waals surface area contributed by atoms with Gasteiger partial charge in [-0.3, -0.25) is 9.59 Å². The second-order valence-corrected chi connectivity index (χ2v) is 6.69. The number of carbonyl (C=O) groups excluding carboxylic acids is 1. The van der Waals surface area contributed by atoms with Crippen molar-refractivity contribution < 1.29 is 25.2 Å². The number of aliphatic hydroxyl groups is 3. The van der Waals surface area contributed by atoms with E-state index >= 15 is 0 Å². The summed E-state index contributed by atoms with van der Waals surface area (Å²) in [5, 5.41) is 42.8. The topological polar surface area (TPSA) is 168 Å². The highest BCUT2D eigenvalue weighted by Gasteiger charge is 2.27. The Hall–Kier alpha value is -3.31. The minimum atomic E-state index is -1.83.